The number of anilines is 1. The van der Waals surface area contributed by atoms with Crippen LogP contribution in [0.25, 0.3) is 0 Å². The Kier molecular flexibility index (Phi) is 11.2. The van der Waals surface area contributed by atoms with Crippen molar-refractivity contribution >= 4 is 58.4 Å². The first-order valence-corrected chi connectivity index (χ1v) is 14.3. The number of hydrogen-bond acceptors (Lipinski definition) is 7. The molecular weight excluding hydrogens is 561 g/mol. The number of ether oxygens (including phenoxy) is 1. The number of aromatic nitrogens is 3. The molecule has 2 aromatic carbocycles. The molecule has 2 amide bonds. The number of amides is 2. The Morgan fingerprint density at radius 3 is 2.46 bits per heavy atom. The fourth-order valence-electron chi connectivity index (χ4n) is 3.65. The van der Waals surface area contributed by atoms with Gasteiger partial charge in [-0.3, -0.25) is 9.59 Å². The molecule has 0 bridgehead atoms. The third-order valence-electron chi connectivity index (χ3n) is 5.63. The standard InChI is InChI=1S/C27H31Cl2N5O4S/c1-5-12-38-26(37)18-8-7-9-19(13-18)30-22(35)15-39-27-33-32-24(34(27)6-2)23(16(3)4)31-25(36)17-10-11-20(28)21(29)14-17/h7-11,13-14,16,23H,5-6,12,15H2,1-4H3,(H,30,35)(H,31,36)/t23-/m1/s1. The van der Waals surface area contributed by atoms with Crippen LogP contribution in [0.15, 0.2) is 47.6 Å². The highest BCUT2D eigenvalue weighted by Crippen LogP contribution is 2.27. The first-order chi connectivity index (χ1) is 18.6. The van der Waals surface area contributed by atoms with Gasteiger partial charge in [0.15, 0.2) is 11.0 Å². The van der Waals surface area contributed by atoms with Gasteiger partial charge in [-0.1, -0.05) is 61.8 Å². The van der Waals surface area contributed by atoms with Crippen molar-refractivity contribution in [2.24, 2.45) is 5.92 Å². The van der Waals surface area contributed by atoms with Crippen LogP contribution in [0.1, 0.15) is 66.7 Å². The molecule has 0 aliphatic rings. The summed E-state index contributed by atoms with van der Waals surface area (Å²) < 4.78 is 7.03. The highest BCUT2D eigenvalue weighted by molar-refractivity contribution is 7.99. The summed E-state index contributed by atoms with van der Waals surface area (Å²) in [5, 5.41) is 15.7. The van der Waals surface area contributed by atoms with E-state index in [4.69, 9.17) is 27.9 Å². The van der Waals surface area contributed by atoms with E-state index in [2.05, 4.69) is 20.8 Å². The number of carbonyl (C=O) groups excluding carboxylic acids is 3. The number of nitrogens with one attached hydrogen (secondary N) is 2. The van der Waals surface area contributed by atoms with Gasteiger partial charge in [0.25, 0.3) is 5.91 Å². The van der Waals surface area contributed by atoms with Crippen LogP contribution < -0.4 is 10.6 Å². The fourth-order valence-corrected chi connectivity index (χ4v) is 4.76. The van der Waals surface area contributed by atoms with E-state index in [9.17, 15) is 14.4 Å². The van der Waals surface area contributed by atoms with Gasteiger partial charge in [-0.15, -0.1) is 10.2 Å². The maximum absolute atomic E-state index is 13.0. The van der Waals surface area contributed by atoms with Gasteiger partial charge in [-0.05, 0) is 55.7 Å². The fraction of sp³-hybridized carbons (Fsp3) is 0.370. The Hall–Kier alpha value is -3.08. The number of carbonyl (C=O) groups is 3. The molecule has 12 heteroatoms. The lowest BCUT2D eigenvalue weighted by atomic mass is 10.0. The number of esters is 1. The highest BCUT2D eigenvalue weighted by Gasteiger charge is 2.26. The summed E-state index contributed by atoms with van der Waals surface area (Å²) in [4.78, 5) is 37.7. The normalized spacial score (nSPS) is 11.8. The molecule has 0 saturated heterocycles. The van der Waals surface area contributed by atoms with E-state index in [1.807, 2.05) is 32.3 Å². The van der Waals surface area contributed by atoms with Crippen LogP contribution in [0.2, 0.25) is 10.0 Å². The van der Waals surface area contributed by atoms with E-state index >= 15 is 0 Å². The molecule has 0 radical (unpaired) electrons. The Bertz CT molecular complexity index is 1330. The van der Waals surface area contributed by atoms with Gasteiger partial charge in [0.1, 0.15) is 0 Å². The molecule has 1 heterocycles. The largest absolute Gasteiger partial charge is 0.462 e. The quantitative estimate of drug-likeness (QED) is 0.195. The molecule has 0 aliphatic heterocycles. The monoisotopic (exact) mass is 591 g/mol. The predicted molar refractivity (Wildman–Crippen MR) is 154 cm³/mol. The van der Waals surface area contributed by atoms with Crippen molar-refractivity contribution in [3.05, 3.63) is 69.5 Å². The smallest absolute Gasteiger partial charge is 0.338 e. The van der Waals surface area contributed by atoms with Crippen molar-refractivity contribution in [2.75, 3.05) is 17.7 Å². The summed E-state index contributed by atoms with van der Waals surface area (Å²) in [6.07, 6.45) is 0.727. The van der Waals surface area contributed by atoms with Gasteiger partial charge in [-0.25, -0.2) is 4.79 Å². The molecule has 0 spiro atoms. The van der Waals surface area contributed by atoms with Gasteiger partial charge in [0.05, 0.1) is 34.0 Å². The van der Waals surface area contributed by atoms with Crippen molar-refractivity contribution in [3.8, 4) is 0 Å². The van der Waals surface area contributed by atoms with Crippen LogP contribution >= 0.6 is 35.0 Å². The Balaban J connectivity index is 1.68. The molecule has 0 fully saturated rings. The average Bonchev–Trinajstić information content (AvgIpc) is 3.32. The molecular formula is C27H31Cl2N5O4S. The van der Waals surface area contributed by atoms with Gasteiger partial charge >= 0.3 is 5.97 Å². The lowest BCUT2D eigenvalue weighted by Gasteiger charge is -2.22. The van der Waals surface area contributed by atoms with Crippen molar-refractivity contribution < 1.29 is 19.1 Å². The zero-order chi connectivity index (χ0) is 28.5. The van der Waals surface area contributed by atoms with Crippen LogP contribution in [0.4, 0.5) is 5.69 Å². The van der Waals surface area contributed by atoms with Crippen LogP contribution in [0.3, 0.4) is 0 Å². The van der Waals surface area contributed by atoms with Crippen LogP contribution in [-0.2, 0) is 16.1 Å². The minimum Gasteiger partial charge on any atom is -0.462 e. The summed E-state index contributed by atoms with van der Waals surface area (Å²) >= 11 is 13.3. The number of halogens is 2. The zero-order valence-electron chi connectivity index (χ0n) is 22.2. The summed E-state index contributed by atoms with van der Waals surface area (Å²) in [6, 6.07) is 10.9. The van der Waals surface area contributed by atoms with E-state index in [1.54, 1.807) is 36.4 Å². The van der Waals surface area contributed by atoms with Crippen molar-refractivity contribution in [3.63, 3.8) is 0 Å². The molecule has 0 saturated carbocycles. The van der Waals surface area contributed by atoms with Crippen molar-refractivity contribution in [2.45, 2.75) is 51.9 Å². The van der Waals surface area contributed by atoms with E-state index in [0.717, 1.165) is 6.42 Å². The maximum Gasteiger partial charge on any atom is 0.338 e. The van der Waals surface area contributed by atoms with E-state index in [-0.39, 0.29) is 23.5 Å². The maximum atomic E-state index is 13.0. The Morgan fingerprint density at radius 1 is 1.03 bits per heavy atom. The second kappa shape index (κ2) is 14.3. The lowest BCUT2D eigenvalue weighted by molar-refractivity contribution is -0.113. The molecule has 208 valence electrons. The topological polar surface area (TPSA) is 115 Å². The third-order valence-corrected chi connectivity index (χ3v) is 7.33. The third kappa shape index (κ3) is 8.20. The van der Waals surface area contributed by atoms with Gasteiger partial charge in [0.2, 0.25) is 5.91 Å². The first-order valence-electron chi connectivity index (χ1n) is 12.5. The molecule has 0 aliphatic carbocycles. The number of thioether (sulfide) groups is 1. The molecule has 9 nitrogen and oxygen atoms in total. The van der Waals surface area contributed by atoms with Crippen LogP contribution in [-0.4, -0.2) is 44.9 Å². The second-order valence-electron chi connectivity index (χ2n) is 8.96. The molecule has 3 rings (SSSR count). The molecule has 0 unspecified atom stereocenters. The van der Waals surface area contributed by atoms with E-state index in [1.165, 1.54) is 17.8 Å². The Labute approximate surface area is 242 Å². The lowest BCUT2D eigenvalue weighted by Crippen LogP contribution is -2.33. The summed E-state index contributed by atoms with van der Waals surface area (Å²) in [5.74, 6) is -0.348. The molecule has 2 N–H and O–H groups in total. The second-order valence-corrected chi connectivity index (χ2v) is 10.7. The number of hydrogen-bond donors (Lipinski definition) is 2. The van der Waals surface area contributed by atoms with Crippen LogP contribution in [0, 0.1) is 5.92 Å². The summed E-state index contributed by atoms with van der Waals surface area (Å²) in [5.41, 5.74) is 1.24. The highest BCUT2D eigenvalue weighted by atomic mass is 35.5. The van der Waals surface area contributed by atoms with Crippen molar-refractivity contribution in [1.82, 2.24) is 20.1 Å². The number of benzene rings is 2. The average molecular weight is 593 g/mol. The summed E-state index contributed by atoms with van der Waals surface area (Å²) in [6.45, 7) is 8.68. The van der Waals surface area contributed by atoms with Crippen molar-refractivity contribution in [1.29, 1.82) is 0 Å². The predicted octanol–water partition coefficient (Wildman–Crippen LogP) is 6.03. The summed E-state index contributed by atoms with van der Waals surface area (Å²) in [7, 11) is 0. The van der Waals surface area contributed by atoms with E-state index in [0.29, 0.717) is 51.0 Å². The zero-order valence-corrected chi connectivity index (χ0v) is 24.5. The molecule has 1 atom stereocenters. The van der Waals surface area contributed by atoms with Gasteiger partial charge in [-0.2, -0.15) is 0 Å². The van der Waals surface area contributed by atoms with Gasteiger partial charge in [0, 0.05) is 17.8 Å². The van der Waals surface area contributed by atoms with Crippen LogP contribution in [0.5, 0.6) is 0 Å². The van der Waals surface area contributed by atoms with Gasteiger partial charge < -0.3 is 19.9 Å². The van der Waals surface area contributed by atoms with E-state index < -0.39 is 12.0 Å². The number of rotatable bonds is 12. The molecule has 39 heavy (non-hydrogen) atoms. The molecule has 1 aromatic heterocycles. The Morgan fingerprint density at radius 2 is 1.79 bits per heavy atom. The molecule has 3 aromatic rings. The minimum absolute atomic E-state index is 0.00339. The SMILES string of the molecule is CCCOC(=O)c1cccc(NC(=O)CSc2nnc([C@H](NC(=O)c3ccc(Cl)c(Cl)c3)C(C)C)n2CC)c1. The number of nitrogens with zero attached hydrogens (tertiary/aromatic N) is 3. The first kappa shape index (κ1) is 30.5. The minimum atomic E-state index is -0.433.